The maximum atomic E-state index is 12.1. The minimum atomic E-state index is -0.932. The molecule has 1 aliphatic rings. The van der Waals surface area contributed by atoms with Crippen LogP contribution in [0.3, 0.4) is 0 Å². The molecule has 0 saturated heterocycles. The van der Waals surface area contributed by atoms with Gasteiger partial charge in [-0.15, -0.1) is 0 Å². The second-order valence-corrected chi connectivity index (χ2v) is 4.63. The molecule has 0 atom stereocenters. The van der Waals surface area contributed by atoms with E-state index in [2.05, 4.69) is 0 Å². The maximum Gasteiger partial charge on any atom is 0.354 e. The van der Waals surface area contributed by atoms with Gasteiger partial charge in [-0.1, -0.05) is 11.6 Å². The molecule has 7 nitrogen and oxygen atoms in total. The lowest BCUT2D eigenvalue weighted by molar-refractivity contribution is -0.144. The molecule has 20 heavy (non-hydrogen) atoms. The quantitative estimate of drug-likeness (QED) is 0.767. The zero-order chi connectivity index (χ0) is 14.4. The minimum absolute atomic E-state index is 0.195. The standard InChI is InChI=1S/C12H10ClN3O4/c1-2-20-10(17)9-15-11(18)14(12(19)16(9)15)8-5-3-7(13)4-6-8/h3-6,9H,2H2,1H3. The molecule has 0 fully saturated rings. The number of aromatic nitrogens is 3. The summed E-state index contributed by atoms with van der Waals surface area (Å²) in [5.41, 5.74) is -0.745. The third kappa shape index (κ3) is 1.70. The van der Waals surface area contributed by atoms with Crippen LogP contribution in [0.1, 0.15) is 13.1 Å². The topological polar surface area (TPSA) is 75.2 Å². The van der Waals surface area contributed by atoms with Crippen molar-refractivity contribution in [3.05, 3.63) is 50.3 Å². The van der Waals surface area contributed by atoms with Gasteiger partial charge >= 0.3 is 17.3 Å². The summed E-state index contributed by atoms with van der Waals surface area (Å²) < 4.78 is 7.90. The van der Waals surface area contributed by atoms with Crippen LogP contribution in [-0.4, -0.2) is 26.5 Å². The van der Waals surface area contributed by atoms with Crippen molar-refractivity contribution >= 4 is 17.6 Å². The number of rotatable bonds is 3. The van der Waals surface area contributed by atoms with Crippen molar-refractivity contribution < 1.29 is 9.53 Å². The Kier molecular flexibility index (Phi) is 2.79. The number of esters is 1. The normalized spacial score (nSPS) is 13.1. The highest BCUT2D eigenvalue weighted by atomic mass is 35.5. The molecule has 2 aromatic rings. The number of ether oxygens (including phenoxy) is 1. The van der Waals surface area contributed by atoms with E-state index < -0.39 is 23.5 Å². The fraction of sp³-hybridized carbons (Fsp3) is 0.250. The Bertz CT molecular complexity index is 764. The number of nitrogens with zero attached hydrogens (tertiary/aromatic N) is 3. The van der Waals surface area contributed by atoms with Crippen molar-refractivity contribution in [1.29, 1.82) is 0 Å². The van der Waals surface area contributed by atoms with E-state index in [-0.39, 0.29) is 6.61 Å². The maximum absolute atomic E-state index is 12.1. The summed E-state index contributed by atoms with van der Waals surface area (Å²) in [5, 5.41) is 0.503. The first-order valence-electron chi connectivity index (χ1n) is 5.95. The van der Waals surface area contributed by atoms with Gasteiger partial charge in [0, 0.05) is 5.02 Å². The Morgan fingerprint density at radius 1 is 1.20 bits per heavy atom. The van der Waals surface area contributed by atoms with Crippen molar-refractivity contribution in [2.75, 3.05) is 6.61 Å². The number of hydrogen-bond acceptors (Lipinski definition) is 4. The molecule has 3 rings (SSSR count). The highest BCUT2D eigenvalue weighted by Crippen LogP contribution is 2.21. The number of carbonyl (C=O) groups is 1. The predicted octanol–water partition coefficient (Wildman–Crippen LogP) is 0.377. The molecule has 0 bridgehead atoms. The molecular weight excluding hydrogens is 286 g/mol. The molecule has 0 unspecified atom stereocenters. The van der Waals surface area contributed by atoms with Gasteiger partial charge in [0.15, 0.2) is 0 Å². The predicted molar refractivity (Wildman–Crippen MR) is 70.4 cm³/mol. The van der Waals surface area contributed by atoms with Gasteiger partial charge in [-0.05, 0) is 31.2 Å². The number of halogens is 1. The van der Waals surface area contributed by atoms with Crippen molar-refractivity contribution in [1.82, 2.24) is 13.9 Å². The van der Waals surface area contributed by atoms with E-state index in [0.717, 1.165) is 13.9 Å². The van der Waals surface area contributed by atoms with E-state index in [1.165, 1.54) is 0 Å². The molecule has 104 valence electrons. The van der Waals surface area contributed by atoms with Crippen LogP contribution in [0, 0.1) is 0 Å². The van der Waals surface area contributed by atoms with Crippen LogP contribution in [0.2, 0.25) is 5.02 Å². The fourth-order valence-electron chi connectivity index (χ4n) is 2.08. The van der Waals surface area contributed by atoms with Gasteiger partial charge in [-0.3, -0.25) is 0 Å². The van der Waals surface area contributed by atoms with E-state index in [4.69, 9.17) is 16.3 Å². The van der Waals surface area contributed by atoms with Crippen LogP contribution >= 0.6 is 11.6 Å². The Labute approximate surface area is 117 Å². The summed E-state index contributed by atoms with van der Waals surface area (Å²) >= 11 is 5.76. The van der Waals surface area contributed by atoms with Gasteiger partial charge in [0.05, 0.1) is 12.3 Å². The van der Waals surface area contributed by atoms with Crippen LogP contribution < -0.4 is 11.4 Å². The summed E-state index contributed by atoms with van der Waals surface area (Å²) in [7, 11) is 0. The first kappa shape index (κ1) is 12.7. The molecule has 0 amide bonds. The number of hydrogen-bond donors (Lipinski definition) is 0. The van der Waals surface area contributed by atoms with Crippen molar-refractivity contribution in [3.8, 4) is 5.69 Å². The molecule has 0 radical (unpaired) electrons. The zero-order valence-corrected chi connectivity index (χ0v) is 11.2. The van der Waals surface area contributed by atoms with Crippen LogP contribution in [0.25, 0.3) is 5.69 Å². The lowest BCUT2D eigenvalue weighted by Crippen LogP contribution is -2.33. The van der Waals surface area contributed by atoms with E-state index in [9.17, 15) is 14.4 Å². The Hall–Kier alpha value is -2.28. The van der Waals surface area contributed by atoms with Crippen LogP contribution in [0.5, 0.6) is 0 Å². The lowest BCUT2D eigenvalue weighted by atomic mass is 10.3. The van der Waals surface area contributed by atoms with Gasteiger partial charge in [-0.2, -0.15) is 9.36 Å². The van der Waals surface area contributed by atoms with Crippen LogP contribution in [0.15, 0.2) is 33.9 Å². The summed E-state index contributed by atoms with van der Waals surface area (Å²) in [6.45, 7) is 1.85. The van der Waals surface area contributed by atoms with Crippen molar-refractivity contribution in [2.45, 2.75) is 13.1 Å². The molecule has 1 aromatic heterocycles. The Morgan fingerprint density at radius 3 is 2.25 bits per heavy atom. The SMILES string of the molecule is CCOC(=O)C1n2c(=O)n(-c3ccc(Cl)cc3)c(=O)n21. The molecule has 8 heteroatoms. The molecule has 1 aliphatic heterocycles. The molecule has 0 spiro atoms. The number of fused-ring (bicyclic) bond motifs is 1. The highest BCUT2D eigenvalue weighted by Gasteiger charge is 2.46. The van der Waals surface area contributed by atoms with E-state index in [1.807, 2.05) is 0 Å². The van der Waals surface area contributed by atoms with E-state index in [1.54, 1.807) is 31.2 Å². The average Bonchev–Trinajstić information content (AvgIpc) is 3.11. The van der Waals surface area contributed by atoms with E-state index in [0.29, 0.717) is 10.7 Å². The number of carbonyl (C=O) groups excluding carboxylic acids is 1. The van der Waals surface area contributed by atoms with Gasteiger partial charge in [0.2, 0.25) is 6.17 Å². The second-order valence-electron chi connectivity index (χ2n) is 4.19. The molecule has 1 aromatic carbocycles. The monoisotopic (exact) mass is 295 g/mol. The lowest BCUT2D eigenvalue weighted by Gasteiger charge is -2.02. The summed E-state index contributed by atoms with van der Waals surface area (Å²) in [6.07, 6.45) is -0.932. The van der Waals surface area contributed by atoms with Gasteiger partial charge < -0.3 is 4.74 Å². The first-order valence-corrected chi connectivity index (χ1v) is 6.32. The van der Waals surface area contributed by atoms with Gasteiger partial charge in [-0.25, -0.2) is 19.0 Å². The summed E-state index contributed by atoms with van der Waals surface area (Å²) in [6, 6.07) is 6.28. The van der Waals surface area contributed by atoms with Crippen LogP contribution in [-0.2, 0) is 9.53 Å². The molecule has 0 N–H and O–H groups in total. The van der Waals surface area contributed by atoms with Gasteiger partial charge in [0.1, 0.15) is 0 Å². The molecular formula is C12H10ClN3O4. The summed E-state index contributed by atoms with van der Waals surface area (Å²) in [4.78, 5) is 35.8. The fourth-order valence-corrected chi connectivity index (χ4v) is 2.21. The summed E-state index contributed by atoms with van der Waals surface area (Å²) in [5.74, 6) is -0.607. The minimum Gasteiger partial charge on any atom is -0.463 e. The average molecular weight is 296 g/mol. The highest BCUT2D eigenvalue weighted by molar-refractivity contribution is 6.30. The first-order chi connectivity index (χ1) is 9.56. The third-order valence-corrected chi connectivity index (χ3v) is 3.25. The zero-order valence-electron chi connectivity index (χ0n) is 10.4. The van der Waals surface area contributed by atoms with Gasteiger partial charge in [0.25, 0.3) is 0 Å². The Balaban J connectivity index is 2.02. The largest absolute Gasteiger partial charge is 0.463 e. The van der Waals surface area contributed by atoms with E-state index >= 15 is 0 Å². The third-order valence-electron chi connectivity index (χ3n) is 3.00. The van der Waals surface area contributed by atoms with Crippen LogP contribution in [0.4, 0.5) is 0 Å². The Morgan fingerprint density at radius 2 is 1.75 bits per heavy atom. The van der Waals surface area contributed by atoms with Crippen molar-refractivity contribution in [2.24, 2.45) is 0 Å². The number of benzene rings is 1. The molecule has 2 heterocycles. The van der Waals surface area contributed by atoms with Crippen molar-refractivity contribution in [3.63, 3.8) is 0 Å². The molecule has 0 aliphatic carbocycles. The molecule has 0 saturated carbocycles. The smallest absolute Gasteiger partial charge is 0.354 e. The second kappa shape index (κ2) is 4.38.